The smallest absolute Gasteiger partial charge is 0.290 e. The number of halogens is 2. The lowest BCUT2D eigenvalue weighted by Crippen LogP contribution is -2.32. The summed E-state index contributed by atoms with van der Waals surface area (Å²) in [7, 11) is 0. The first-order valence-corrected chi connectivity index (χ1v) is 10.1. The number of rotatable bonds is 6. The summed E-state index contributed by atoms with van der Waals surface area (Å²) in [6.45, 7) is 5.15. The Balaban J connectivity index is 1.61. The summed E-state index contributed by atoms with van der Waals surface area (Å²) >= 11 is 1.60. The number of hydrogen-bond donors (Lipinski definition) is 1. The van der Waals surface area contributed by atoms with Crippen molar-refractivity contribution in [1.29, 1.82) is 0 Å². The lowest BCUT2D eigenvalue weighted by Gasteiger charge is -2.29. The molecule has 1 aliphatic rings. The second kappa shape index (κ2) is 8.88. The number of nitrogens with one attached hydrogen (secondary N) is 1. The second-order valence-corrected chi connectivity index (χ2v) is 8.13. The van der Waals surface area contributed by atoms with Gasteiger partial charge in [0.1, 0.15) is 5.03 Å². The van der Waals surface area contributed by atoms with Crippen molar-refractivity contribution >= 4 is 34.1 Å². The van der Waals surface area contributed by atoms with E-state index in [1.807, 2.05) is 5.38 Å². The molecule has 140 valence electrons. The summed E-state index contributed by atoms with van der Waals surface area (Å²) < 4.78 is 25.2. The van der Waals surface area contributed by atoms with Gasteiger partial charge in [-0.05, 0) is 55.7 Å². The maximum atomic E-state index is 12.6. The van der Waals surface area contributed by atoms with Crippen molar-refractivity contribution in [1.82, 2.24) is 14.9 Å². The van der Waals surface area contributed by atoms with Crippen LogP contribution >= 0.6 is 23.1 Å². The number of carbonyl (C=O) groups excluding carboxylic acids is 1. The first kappa shape index (κ1) is 19.2. The Labute approximate surface area is 159 Å². The van der Waals surface area contributed by atoms with Crippen molar-refractivity contribution in [2.24, 2.45) is 5.92 Å². The van der Waals surface area contributed by atoms with Gasteiger partial charge in [-0.1, -0.05) is 6.92 Å². The average Bonchev–Trinajstić information content (AvgIpc) is 3.04. The fourth-order valence-corrected chi connectivity index (χ4v) is 4.07. The van der Waals surface area contributed by atoms with Crippen LogP contribution in [0, 0.1) is 5.92 Å². The number of anilines is 1. The molecule has 3 heterocycles. The standard InChI is InChI=1S/C17H20F2N4OS2/c1-11-4-7-23(8-5-11)9-12-10-25-17(21-12)22-14(24)13-3-2-6-20-15(13)26-16(18)19/h2-3,6,10-11,16H,4-5,7-9H2,1H3,(H,21,22,24). The van der Waals surface area contributed by atoms with Crippen LogP contribution in [0.3, 0.4) is 0 Å². The number of hydrogen-bond acceptors (Lipinski definition) is 6. The van der Waals surface area contributed by atoms with E-state index in [1.54, 1.807) is 6.07 Å². The maximum absolute atomic E-state index is 12.6. The monoisotopic (exact) mass is 398 g/mol. The highest BCUT2D eigenvalue weighted by molar-refractivity contribution is 7.99. The molecule has 1 amide bonds. The Morgan fingerprint density at radius 1 is 1.46 bits per heavy atom. The number of thiazole rings is 1. The topological polar surface area (TPSA) is 58.1 Å². The van der Waals surface area contributed by atoms with Crippen LogP contribution in [0.2, 0.25) is 0 Å². The molecule has 0 saturated carbocycles. The molecule has 0 bridgehead atoms. The Kier molecular flexibility index (Phi) is 6.55. The van der Waals surface area contributed by atoms with Crippen molar-refractivity contribution in [3.05, 3.63) is 35.0 Å². The van der Waals surface area contributed by atoms with Gasteiger partial charge in [-0.25, -0.2) is 9.97 Å². The highest BCUT2D eigenvalue weighted by atomic mass is 32.2. The number of nitrogens with zero attached hydrogens (tertiary/aromatic N) is 3. The molecule has 0 unspecified atom stereocenters. The van der Waals surface area contributed by atoms with E-state index < -0.39 is 11.7 Å². The van der Waals surface area contributed by atoms with Gasteiger partial charge in [0.2, 0.25) is 0 Å². The average molecular weight is 399 g/mol. The molecule has 1 aliphatic heterocycles. The van der Waals surface area contributed by atoms with Crippen molar-refractivity contribution in [2.75, 3.05) is 18.4 Å². The van der Waals surface area contributed by atoms with Crippen molar-refractivity contribution in [3.63, 3.8) is 0 Å². The van der Waals surface area contributed by atoms with Crippen LogP contribution in [0.5, 0.6) is 0 Å². The molecular formula is C17H20F2N4OS2. The van der Waals surface area contributed by atoms with Crippen LogP contribution in [0.1, 0.15) is 35.8 Å². The minimum Gasteiger partial charge on any atom is -0.298 e. The van der Waals surface area contributed by atoms with E-state index in [4.69, 9.17) is 0 Å². The van der Waals surface area contributed by atoms with E-state index in [0.29, 0.717) is 5.13 Å². The Bertz CT molecular complexity index is 748. The minimum atomic E-state index is -2.63. The van der Waals surface area contributed by atoms with Crippen molar-refractivity contribution < 1.29 is 13.6 Å². The first-order chi connectivity index (χ1) is 12.5. The van der Waals surface area contributed by atoms with Crippen LogP contribution in [0.4, 0.5) is 13.9 Å². The molecular weight excluding hydrogens is 378 g/mol. The predicted octanol–water partition coefficient (Wildman–Crippen LogP) is 4.34. The zero-order valence-corrected chi connectivity index (χ0v) is 16.0. The van der Waals surface area contributed by atoms with Gasteiger partial charge in [0.05, 0.1) is 11.3 Å². The molecule has 26 heavy (non-hydrogen) atoms. The van der Waals surface area contributed by atoms with Gasteiger partial charge in [-0.3, -0.25) is 15.0 Å². The van der Waals surface area contributed by atoms with Gasteiger partial charge in [0, 0.05) is 18.1 Å². The summed E-state index contributed by atoms with van der Waals surface area (Å²) in [5.41, 5.74) is 1.03. The van der Waals surface area contributed by atoms with Crippen LogP contribution in [0.15, 0.2) is 28.7 Å². The molecule has 0 atom stereocenters. The fraction of sp³-hybridized carbons (Fsp3) is 0.471. The first-order valence-electron chi connectivity index (χ1n) is 8.39. The summed E-state index contributed by atoms with van der Waals surface area (Å²) in [5.74, 6) is -2.33. The molecule has 0 spiro atoms. The second-order valence-electron chi connectivity index (χ2n) is 6.29. The van der Waals surface area contributed by atoms with Crippen LogP contribution in [-0.4, -0.2) is 39.6 Å². The van der Waals surface area contributed by atoms with E-state index in [2.05, 4.69) is 27.1 Å². The quantitative estimate of drug-likeness (QED) is 0.734. The zero-order chi connectivity index (χ0) is 18.5. The predicted molar refractivity (Wildman–Crippen MR) is 99.8 cm³/mol. The summed E-state index contributed by atoms with van der Waals surface area (Å²) in [6, 6.07) is 3.03. The molecule has 2 aromatic heterocycles. The molecule has 0 aromatic carbocycles. The minimum absolute atomic E-state index is 0.0132. The van der Waals surface area contributed by atoms with Crippen LogP contribution in [0.25, 0.3) is 0 Å². The fourth-order valence-electron chi connectivity index (χ4n) is 2.79. The molecule has 3 rings (SSSR count). The van der Waals surface area contributed by atoms with Crippen LogP contribution < -0.4 is 5.32 Å². The maximum Gasteiger partial charge on any atom is 0.290 e. The van der Waals surface area contributed by atoms with Gasteiger partial charge in [-0.15, -0.1) is 11.3 Å². The van der Waals surface area contributed by atoms with Crippen LogP contribution in [-0.2, 0) is 6.54 Å². The van der Waals surface area contributed by atoms with E-state index in [-0.39, 0.29) is 22.4 Å². The third-order valence-corrected chi connectivity index (χ3v) is 5.78. The number of thioether (sulfide) groups is 1. The van der Waals surface area contributed by atoms with Gasteiger partial charge in [0.15, 0.2) is 5.13 Å². The van der Waals surface area contributed by atoms with Gasteiger partial charge in [0.25, 0.3) is 11.7 Å². The largest absolute Gasteiger partial charge is 0.298 e. The highest BCUT2D eigenvalue weighted by Gasteiger charge is 2.19. The summed E-state index contributed by atoms with van der Waals surface area (Å²) in [4.78, 5) is 23.1. The van der Waals surface area contributed by atoms with Gasteiger partial charge in [-0.2, -0.15) is 8.78 Å². The van der Waals surface area contributed by atoms with Gasteiger partial charge < -0.3 is 0 Å². The third kappa shape index (κ3) is 5.21. The number of amides is 1. The van der Waals surface area contributed by atoms with Crippen molar-refractivity contribution in [3.8, 4) is 0 Å². The molecule has 1 saturated heterocycles. The molecule has 0 radical (unpaired) electrons. The van der Waals surface area contributed by atoms with E-state index in [9.17, 15) is 13.6 Å². The number of piperidine rings is 1. The Hall–Kier alpha value is -1.58. The molecule has 1 N–H and O–H groups in total. The number of carbonyl (C=O) groups is 1. The molecule has 1 fully saturated rings. The molecule has 0 aliphatic carbocycles. The van der Waals surface area contributed by atoms with Crippen molar-refractivity contribution in [2.45, 2.75) is 37.1 Å². The Morgan fingerprint density at radius 2 is 2.23 bits per heavy atom. The van der Waals surface area contributed by atoms with E-state index in [1.165, 1.54) is 36.4 Å². The molecule has 2 aromatic rings. The van der Waals surface area contributed by atoms with E-state index in [0.717, 1.165) is 31.2 Å². The highest BCUT2D eigenvalue weighted by Crippen LogP contribution is 2.27. The molecule has 9 heteroatoms. The summed E-state index contributed by atoms with van der Waals surface area (Å²) in [6.07, 6.45) is 3.78. The number of aromatic nitrogens is 2. The Morgan fingerprint density at radius 3 is 2.96 bits per heavy atom. The zero-order valence-electron chi connectivity index (χ0n) is 14.3. The lowest BCUT2D eigenvalue weighted by atomic mass is 9.99. The third-order valence-electron chi connectivity index (χ3n) is 4.25. The SMILES string of the molecule is CC1CCN(Cc2csc(NC(=O)c3cccnc3SC(F)F)n2)CC1. The van der Waals surface area contributed by atoms with Gasteiger partial charge >= 0.3 is 0 Å². The normalized spacial score (nSPS) is 16.2. The lowest BCUT2D eigenvalue weighted by molar-refractivity contribution is 0.102. The number of likely N-dealkylation sites (tertiary alicyclic amines) is 1. The number of pyridine rings is 1. The molecule has 5 nitrogen and oxygen atoms in total. The summed E-state index contributed by atoms with van der Waals surface area (Å²) in [5, 5.41) is 5.09. The number of alkyl halides is 2. The van der Waals surface area contributed by atoms with E-state index >= 15 is 0 Å².